The molecule has 0 aliphatic carbocycles. The third-order valence-electron chi connectivity index (χ3n) is 11.2. The van der Waals surface area contributed by atoms with E-state index >= 15 is 0 Å². The zero-order valence-corrected chi connectivity index (χ0v) is 40.6. The first-order chi connectivity index (χ1) is 33.4. The van der Waals surface area contributed by atoms with Crippen LogP contribution in [0.3, 0.4) is 0 Å². The van der Waals surface area contributed by atoms with Crippen LogP contribution in [0.1, 0.15) is 15.9 Å². The van der Waals surface area contributed by atoms with Crippen molar-refractivity contribution in [2.75, 3.05) is 0 Å². The Hall–Kier alpha value is -6.39. The van der Waals surface area contributed by atoms with Crippen molar-refractivity contribution >= 4 is 73.6 Å². The van der Waals surface area contributed by atoms with Gasteiger partial charge < -0.3 is 18.7 Å². The quantitative estimate of drug-likeness (QED) is 0.0309. The molecule has 0 saturated carbocycles. The van der Waals surface area contributed by atoms with Crippen LogP contribution in [0, 0.1) is 78.5 Å². The largest absolute Gasteiger partial charge is 0.506 e. The van der Waals surface area contributed by atoms with E-state index in [1.54, 1.807) is 24.3 Å². The first-order valence-electron chi connectivity index (χ1n) is 21.1. The third-order valence-corrected chi connectivity index (χ3v) is 17.3. The molecule has 0 bridgehead atoms. The summed E-state index contributed by atoms with van der Waals surface area (Å²) in [5.41, 5.74) is -4.74. The van der Waals surface area contributed by atoms with Crippen molar-refractivity contribution < 1.29 is 94.8 Å². The summed E-state index contributed by atoms with van der Waals surface area (Å²) in [6.07, 6.45) is 0. The fraction of sp³-hybridized carbons (Fsp3) is 0. The Labute approximate surface area is 439 Å². The van der Waals surface area contributed by atoms with Crippen LogP contribution in [0.4, 0.5) is 22.0 Å². The first kappa shape index (κ1) is 51.5. The number of aromatic hydroxyl groups is 1. The van der Waals surface area contributed by atoms with Crippen LogP contribution in [0.5, 0.6) is 5.75 Å². The van der Waals surface area contributed by atoms with E-state index in [2.05, 4.69) is 0 Å². The van der Waals surface area contributed by atoms with E-state index in [0.29, 0.717) is 10.8 Å². The molecule has 349 valence electrons. The van der Waals surface area contributed by atoms with Crippen LogP contribution in [0.2, 0.25) is 0 Å². The maximum atomic E-state index is 14.0. The van der Waals surface area contributed by atoms with Gasteiger partial charge >= 0.3 is 5.63 Å². The SMILES string of the molecule is O=C(c1c(F)c(F)c(F)c(F)c1F)c1c(O)c2ccc3ccccc3c2oc1=O.O=P(c1ccccc1)(c1ccccc1)c1ccccc1.O=P(c1ccccc1)(c1ccccc1)c1ccccc1.[Eu]. The van der Waals surface area contributed by atoms with Gasteiger partial charge in [-0.05, 0) is 11.5 Å². The van der Waals surface area contributed by atoms with Crippen LogP contribution in [0.15, 0.2) is 228 Å². The number of fused-ring (bicyclic) bond motifs is 3. The van der Waals surface area contributed by atoms with Crippen LogP contribution in [0.25, 0.3) is 21.7 Å². The summed E-state index contributed by atoms with van der Waals surface area (Å²) in [7, 11) is -5.55. The van der Waals surface area contributed by atoms with Crippen molar-refractivity contribution in [1.82, 2.24) is 0 Å². The number of rotatable bonds is 8. The van der Waals surface area contributed by atoms with Crippen molar-refractivity contribution in [3.63, 3.8) is 0 Å². The van der Waals surface area contributed by atoms with Crippen LogP contribution < -0.4 is 37.5 Å². The molecule has 14 heteroatoms. The number of ketones is 1. The van der Waals surface area contributed by atoms with Gasteiger partial charge in [0, 0.05) is 86.6 Å². The van der Waals surface area contributed by atoms with Crippen molar-refractivity contribution in [2.45, 2.75) is 0 Å². The predicted octanol–water partition coefficient (Wildman–Crippen LogP) is 11.2. The minimum absolute atomic E-state index is 0. The molecule has 1 N–H and O–H groups in total. The zero-order valence-electron chi connectivity index (χ0n) is 36.4. The average Bonchev–Trinajstić information content (AvgIpc) is 3.41. The van der Waals surface area contributed by atoms with Gasteiger partial charge in [0.05, 0.1) is 5.39 Å². The van der Waals surface area contributed by atoms with Gasteiger partial charge in [-0.25, -0.2) is 26.7 Å². The molecular formula is C56H37EuF5O6P2. The summed E-state index contributed by atoms with van der Waals surface area (Å²) < 4.78 is 101. The molecule has 0 fully saturated rings. The average molecular weight is 1110 g/mol. The minimum atomic E-state index is -2.78. The Morgan fingerprint density at radius 2 is 0.686 bits per heavy atom. The Balaban J connectivity index is 0.000000158. The summed E-state index contributed by atoms with van der Waals surface area (Å²) >= 11 is 0. The fourth-order valence-electron chi connectivity index (χ4n) is 7.77. The molecule has 1 aromatic heterocycles. The van der Waals surface area contributed by atoms with Crippen molar-refractivity contribution in [2.24, 2.45) is 0 Å². The number of benzene rings is 9. The van der Waals surface area contributed by atoms with Gasteiger partial charge in [-0.2, -0.15) is 0 Å². The fourth-order valence-corrected chi connectivity index (χ4v) is 13.1. The van der Waals surface area contributed by atoms with Gasteiger partial charge in [0.15, 0.2) is 43.1 Å². The normalized spacial score (nSPS) is 11.1. The molecule has 0 spiro atoms. The Kier molecular flexibility index (Phi) is 16.6. The molecule has 0 atom stereocenters. The van der Waals surface area contributed by atoms with Crippen molar-refractivity contribution in [3.8, 4) is 5.75 Å². The van der Waals surface area contributed by atoms with E-state index in [4.69, 9.17) is 4.42 Å². The number of carbonyl (C=O) groups is 1. The molecule has 0 aliphatic rings. The molecular weight excluding hydrogens is 1080 g/mol. The van der Waals surface area contributed by atoms with Gasteiger partial charge in [-0.1, -0.05) is 212 Å². The molecule has 1 radical (unpaired) electrons. The number of hydrogen-bond acceptors (Lipinski definition) is 6. The molecule has 0 amide bonds. The zero-order chi connectivity index (χ0) is 48.7. The third kappa shape index (κ3) is 10.1. The van der Waals surface area contributed by atoms with E-state index in [1.165, 1.54) is 12.1 Å². The van der Waals surface area contributed by atoms with Crippen molar-refractivity contribution in [1.29, 1.82) is 0 Å². The van der Waals surface area contributed by atoms with Crippen LogP contribution in [-0.2, 0) is 9.13 Å². The summed E-state index contributed by atoms with van der Waals surface area (Å²) in [5.74, 6) is -14.9. The number of halogens is 5. The van der Waals surface area contributed by atoms with E-state index in [9.17, 15) is 45.8 Å². The Morgan fingerprint density at radius 3 is 1.03 bits per heavy atom. The van der Waals surface area contributed by atoms with E-state index in [-0.39, 0.29) is 60.3 Å². The Morgan fingerprint density at radius 1 is 0.386 bits per heavy atom. The molecule has 0 saturated heterocycles. The smallest absolute Gasteiger partial charge is 0.351 e. The summed E-state index contributed by atoms with van der Waals surface area (Å²) in [4.78, 5) is 24.8. The summed E-state index contributed by atoms with van der Waals surface area (Å²) in [6.45, 7) is 0. The Bertz CT molecular complexity index is 3240. The molecule has 70 heavy (non-hydrogen) atoms. The maximum absolute atomic E-state index is 14.0. The molecule has 0 unspecified atom stereocenters. The van der Waals surface area contributed by atoms with Gasteiger partial charge in [-0.3, -0.25) is 4.79 Å². The second-order valence-corrected chi connectivity index (χ2v) is 20.8. The van der Waals surface area contributed by atoms with Gasteiger partial charge in [0.1, 0.15) is 16.9 Å². The molecule has 0 aliphatic heterocycles. The summed E-state index contributed by atoms with van der Waals surface area (Å²) in [6, 6.07) is 67.7. The molecule has 9 aromatic carbocycles. The van der Waals surface area contributed by atoms with Gasteiger partial charge in [0.2, 0.25) is 11.6 Å². The molecule has 10 rings (SSSR count). The topological polar surface area (TPSA) is 102 Å². The second-order valence-electron chi connectivity index (χ2n) is 15.3. The second kappa shape index (κ2) is 22.6. The van der Waals surface area contributed by atoms with E-state index < -0.39 is 71.7 Å². The van der Waals surface area contributed by atoms with E-state index in [1.807, 2.05) is 182 Å². The van der Waals surface area contributed by atoms with Crippen molar-refractivity contribution in [3.05, 3.63) is 269 Å². The summed E-state index contributed by atoms with van der Waals surface area (Å²) in [5, 5.41) is 16.5. The van der Waals surface area contributed by atoms with Crippen LogP contribution >= 0.6 is 14.3 Å². The maximum Gasteiger partial charge on any atom is 0.351 e. The predicted molar refractivity (Wildman–Crippen MR) is 263 cm³/mol. The molecule has 10 aromatic rings. The van der Waals surface area contributed by atoms with Gasteiger partial charge in [0.25, 0.3) is 0 Å². The number of hydrogen-bond donors (Lipinski definition) is 1. The molecule has 1 heterocycles. The minimum Gasteiger partial charge on any atom is -0.506 e. The van der Waals surface area contributed by atoms with Gasteiger partial charge in [-0.15, -0.1) is 0 Å². The van der Waals surface area contributed by atoms with E-state index in [0.717, 1.165) is 31.8 Å². The first-order valence-corrected chi connectivity index (χ1v) is 24.6. The van der Waals surface area contributed by atoms with Crippen LogP contribution in [-0.4, -0.2) is 10.9 Å². The monoisotopic (exact) mass is 1120 g/mol. The standard InChI is InChI=1S/C20H7F5O4.2C18H15OP.Eu/c21-12-10(13(22)15(24)16(25)14(12)23)18(27)11-17(26)9-6-5-7-3-1-2-4-8(7)19(9)29-20(11)28;2*19-20(16-10-4-1-5-11-16,17-12-6-2-7-13-17)18-14-8-3-9-15-18;/h1-6,26H;2*1-15H;. The number of carbonyl (C=O) groups excluding carboxylic acids is 1. The molecule has 6 nitrogen and oxygen atoms in total.